The van der Waals surface area contributed by atoms with Gasteiger partial charge < -0.3 is 12.3 Å². The van der Waals surface area contributed by atoms with Crippen LogP contribution >= 0.6 is 0 Å². The second-order valence-corrected chi connectivity index (χ2v) is 3.02. The molecule has 0 aliphatic rings. The molecule has 0 fully saturated rings. The van der Waals surface area contributed by atoms with Gasteiger partial charge in [0.25, 0.3) is 0 Å². The van der Waals surface area contributed by atoms with E-state index in [1.54, 1.807) is 0 Å². The van der Waals surface area contributed by atoms with Crippen LogP contribution in [0.2, 0.25) is 0 Å². The van der Waals surface area contributed by atoms with Crippen LogP contribution in [0.4, 0.5) is 0 Å². The summed E-state index contributed by atoms with van der Waals surface area (Å²) in [5, 5.41) is 7.54. The Morgan fingerprint density at radius 2 is 1.75 bits per heavy atom. The van der Waals surface area contributed by atoms with Gasteiger partial charge in [-0.05, 0) is 19.3 Å². The maximum absolute atomic E-state index is 7.54. The topological polar surface area (TPSA) is 23.9 Å². The van der Waals surface area contributed by atoms with E-state index in [2.05, 4.69) is 13.8 Å². The number of nitrogens with one attached hydrogen (secondary N) is 1. The van der Waals surface area contributed by atoms with Gasteiger partial charge in [-0.15, -0.1) is 0 Å². The van der Waals surface area contributed by atoms with Crippen LogP contribution in [-0.4, -0.2) is 5.71 Å². The fraction of sp³-hybridized carbons (Fsp3) is 0.800. The average Bonchev–Trinajstić information content (AvgIpc) is 2.01. The molecule has 0 unspecified atom stereocenters. The van der Waals surface area contributed by atoms with Gasteiger partial charge in [0.1, 0.15) is 0 Å². The first-order chi connectivity index (χ1) is 5.31. The zero-order chi connectivity index (χ0) is 8.53. The Morgan fingerprint density at radius 1 is 1.17 bits per heavy atom. The van der Waals surface area contributed by atoms with Crippen LogP contribution in [0.1, 0.15) is 51.9 Å². The largest absolute Gasteiger partial charge is 1.00 e. The SMILES string of the molecule is [CH2-]CCCC(=N)CCCCC.[Li+]. The van der Waals surface area contributed by atoms with Crippen molar-refractivity contribution < 1.29 is 18.9 Å². The summed E-state index contributed by atoms with van der Waals surface area (Å²) < 4.78 is 0. The monoisotopic (exact) mass is 161 g/mol. The summed E-state index contributed by atoms with van der Waals surface area (Å²) in [6, 6.07) is 0. The van der Waals surface area contributed by atoms with Crippen LogP contribution in [0.15, 0.2) is 0 Å². The molecule has 0 aliphatic carbocycles. The molecule has 0 atom stereocenters. The Morgan fingerprint density at radius 3 is 2.25 bits per heavy atom. The fourth-order valence-electron chi connectivity index (χ4n) is 1.05. The number of rotatable bonds is 7. The van der Waals surface area contributed by atoms with Crippen molar-refractivity contribution in [3.05, 3.63) is 6.92 Å². The summed E-state index contributed by atoms with van der Waals surface area (Å²) in [5.41, 5.74) is 0.919. The summed E-state index contributed by atoms with van der Waals surface area (Å²) in [6.07, 6.45) is 7.75. The molecule has 0 heterocycles. The third kappa shape index (κ3) is 10.3. The standard InChI is InChI=1S/C10H20N.Li/c1-3-5-7-9-10(11)8-6-4-2;/h11H,2-9H2,1H3;/q-1;+1. The smallest absolute Gasteiger partial charge is 0.343 e. The fourth-order valence-corrected chi connectivity index (χ4v) is 1.05. The first-order valence-corrected chi connectivity index (χ1v) is 4.66. The van der Waals surface area contributed by atoms with Gasteiger partial charge >= 0.3 is 18.9 Å². The zero-order valence-corrected chi connectivity index (χ0v) is 8.66. The first-order valence-electron chi connectivity index (χ1n) is 4.66. The number of hydrogen-bond donors (Lipinski definition) is 1. The van der Waals surface area contributed by atoms with E-state index >= 15 is 0 Å². The van der Waals surface area contributed by atoms with E-state index in [1.165, 1.54) is 19.3 Å². The predicted octanol–water partition coefficient (Wildman–Crippen LogP) is 0.595. The molecule has 2 heteroatoms. The molecule has 0 aromatic carbocycles. The molecule has 0 radical (unpaired) electrons. The molecule has 1 N–H and O–H groups in total. The van der Waals surface area contributed by atoms with Crippen molar-refractivity contribution in [2.75, 3.05) is 0 Å². The maximum atomic E-state index is 7.54. The van der Waals surface area contributed by atoms with Gasteiger partial charge in [0.2, 0.25) is 0 Å². The van der Waals surface area contributed by atoms with Crippen LogP contribution in [0, 0.1) is 12.3 Å². The molecular weight excluding hydrogens is 141 g/mol. The van der Waals surface area contributed by atoms with Crippen LogP contribution in [0.25, 0.3) is 0 Å². The molecule has 66 valence electrons. The van der Waals surface area contributed by atoms with Crippen LogP contribution in [0.3, 0.4) is 0 Å². The van der Waals surface area contributed by atoms with Crippen LogP contribution in [-0.2, 0) is 0 Å². The Balaban J connectivity index is 0. The van der Waals surface area contributed by atoms with E-state index in [1.807, 2.05) is 0 Å². The summed E-state index contributed by atoms with van der Waals surface area (Å²) in [7, 11) is 0. The Hall–Kier alpha value is 0.267. The molecule has 0 aromatic rings. The van der Waals surface area contributed by atoms with Gasteiger partial charge in [-0.2, -0.15) is 6.42 Å². The van der Waals surface area contributed by atoms with E-state index in [9.17, 15) is 0 Å². The van der Waals surface area contributed by atoms with Crippen LogP contribution in [0.5, 0.6) is 0 Å². The molecule has 0 rings (SSSR count). The van der Waals surface area contributed by atoms with Crippen molar-refractivity contribution in [1.82, 2.24) is 0 Å². The average molecular weight is 161 g/mol. The number of hydrogen-bond acceptors (Lipinski definition) is 1. The van der Waals surface area contributed by atoms with Crippen molar-refractivity contribution in [1.29, 1.82) is 5.41 Å². The molecule has 1 nitrogen and oxygen atoms in total. The normalized spacial score (nSPS) is 9.17. The van der Waals surface area contributed by atoms with Gasteiger partial charge in [0, 0.05) is 5.71 Å². The Kier molecular flexibility index (Phi) is 13.9. The first kappa shape index (κ1) is 14.8. The molecule has 0 spiro atoms. The van der Waals surface area contributed by atoms with Crippen molar-refractivity contribution in [2.24, 2.45) is 0 Å². The molecule has 0 saturated heterocycles. The second kappa shape index (κ2) is 11.3. The summed E-state index contributed by atoms with van der Waals surface area (Å²) in [6.45, 7) is 5.95. The molecule has 0 bridgehead atoms. The quantitative estimate of drug-likeness (QED) is 0.245. The van der Waals surface area contributed by atoms with E-state index in [0.29, 0.717) is 0 Å². The minimum absolute atomic E-state index is 0. The van der Waals surface area contributed by atoms with Gasteiger partial charge in [0.05, 0.1) is 0 Å². The Bertz CT molecular complexity index is 102. The van der Waals surface area contributed by atoms with Crippen molar-refractivity contribution in [3.8, 4) is 0 Å². The van der Waals surface area contributed by atoms with Crippen molar-refractivity contribution >= 4 is 5.71 Å². The van der Waals surface area contributed by atoms with E-state index < -0.39 is 0 Å². The van der Waals surface area contributed by atoms with E-state index in [-0.39, 0.29) is 18.9 Å². The Labute approximate surface area is 89.0 Å². The summed E-state index contributed by atoms with van der Waals surface area (Å²) in [5.74, 6) is 0. The maximum Gasteiger partial charge on any atom is 1.00 e. The molecule has 12 heavy (non-hydrogen) atoms. The van der Waals surface area contributed by atoms with Crippen molar-refractivity contribution in [2.45, 2.75) is 51.9 Å². The molecule has 0 aromatic heterocycles. The van der Waals surface area contributed by atoms with Gasteiger partial charge in [-0.3, -0.25) is 0 Å². The molecular formula is C10H20LiN. The minimum atomic E-state index is 0. The number of unbranched alkanes of at least 4 members (excludes halogenated alkanes) is 3. The predicted molar refractivity (Wildman–Crippen MR) is 51.1 cm³/mol. The van der Waals surface area contributed by atoms with Crippen molar-refractivity contribution in [3.63, 3.8) is 0 Å². The van der Waals surface area contributed by atoms with Gasteiger partial charge in [-0.25, -0.2) is 0 Å². The second-order valence-electron chi connectivity index (χ2n) is 3.02. The van der Waals surface area contributed by atoms with Crippen LogP contribution < -0.4 is 18.9 Å². The molecule has 0 amide bonds. The summed E-state index contributed by atoms with van der Waals surface area (Å²) in [4.78, 5) is 0. The zero-order valence-electron chi connectivity index (χ0n) is 8.66. The van der Waals surface area contributed by atoms with E-state index in [4.69, 9.17) is 5.41 Å². The third-order valence-electron chi connectivity index (χ3n) is 1.81. The molecule has 0 aliphatic heterocycles. The minimum Gasteiger partial charge on any atom is -0.343 e. The van der Waals surface area contributed by atoms with Gasteiger partial charge in [0.15, 0.2) is 0 Å². The van der Waals surface area contributed by atoms with E-state index in [0.717, 1.165) is 31.4 Å². The third-order valence-corrected chi connectivity index (χ3v) is 1.81. The van der Waals surface area contributed by atoms with Gasteiger partial charge in [-0.1, -0.05) is 26.2 Å². The summed E-state index contributed by atoms with van der Waals surface area (Å²) >= 11 is 0. The molecule has 0 saturated carbocycles.